The highest BCUT2D eigenvalue weighted by molar-refractivity contribution is 5.78. The van der Waals surface area contributed by atoms with Crippen molar-refractivity contribution in [3.63, 3.8) is 0 Å². The van der Waals surface area contributed by atoms with E-state index in [9.17, 15) is 0 Å². The molecule has 46 heavy (non-hydrogen) atoms. The molecule has 0 aliphatic heterocycles. The highest BCUT2D eigenvalue weighted by atomic mass is 15.1. The Morgan fingerprint density at radius 2 is 1.02 bits per heavy atom. The van der Waals surface area contributed by atoms with Crippen molar-refractivity contribution in [2.45, 2.75) is 20.3 Å². The van der Waals surface area contributed by atoms with Gasteiger partial charge in [-0.15, -0.1) is 0 Å². The van der Waals surface area contributed by atoms with E-state index >= 15 is 0 Å². The summed E-state index contributed by atoms with van der Waals surface area (Å²) in [5.74, 6) is 0. The topological polar surface area (TPSA) is 3.24 Å². The maximum absolute atomic E-state index is 4.00. The number of benzene rings is 5. The minimum absolute atomic E-state index is 1.01. The van der Waals surface area contributed by atoms with Gasteiger partial charge < -0.3 is 4.90 Å². The molecule has 1 aliphatic rings. The van der Waals surface area contributed by atoms with Gasteiger partial charge in [-0.3, -0.25) is 0 Å². The van der Waals surface area contributed by atoms with Crippen molar-refractivity contribution in [3.8, 4) is 0 Å². The van der Waals surface area contributed by atoms with E-state index in [0.29, 0.717) is 0 Å². The average Bonchev–Trinajstić information content (AvgIpc) is 3.32. The summed E-state index contributed by atoms with van der Waals surface area (Å²) in [7, 11) is 0. The number of rotatable bonds is 8. The molecule has 5 aromatic rings. The predicted molar refractivity (Wildman–Crippen MR) is 202 cm³/mol. The zero-order valence-electron chi connectivity index (χ0n) is 26.8. The van der Waals surface area contributed by atoms with E-state index < -0.39 is 0 Å². The fourth-order valence-corrected chi connectivity index (χ4v) is 5.12. The van der Waals surface area contributed by atoms with Crippen LogP contribution in [0.2, 0.25) is 0 Å². The molecule has 0 atom stereocenters. The van der Waals surface area contributed by atoms with E-state index in [4.69, 9.17) is 0 Å². The molecule has 0 radical (unpaired) electrons. The number of nitrogens with zero attached hydrogens (tertiary/aromatic N) is 1. The van der Waals surface area contributed by atoms with Crippen molar-refractivity contribution in [1.82, 2.24) is 0 Å². The van der Waals surface area contributed by atoms with Crippen molar-refractivity contribution >= 4 is 41.4 Å². The fourth-order valence-electron chi connectivity index (χ4n) is 5.12. The summed E-state index contributed by atoms with van der Waals surface area (Å²) in [4.78, 5) is 2.27. The first-order chi connectivity index (χ1) is 22.6. The molecule has 5 aromatic carbocycles. The van der Waals surface area contributed by atoms with Crippen LogP contribution in [0, 0.1) is 6.92 Å². The van der Waals surface area contributed by atoms with Gasteiger partial charge >= 0.3 is 0 Å². The van der Waals surface area contributed by atoms with Gasteiger partial charge in [0.15, 0.2) is 0 Å². The molecule has 1 nitrogen and oxygen atoms in total. The molecule has 1 heteroatoms. The second-order valence-electron chi connectivity index (χ2n) is 11.3. The zero-order chi connectivity index (χ0) is 32.0. The standard InChI is InChI=1S/C38H33N.C7H8/c1-3-31-27-34(21-19-32-12-10-11-30(2)17-18-32)29-35(28-31)22-20-33-23-25-38(26-24-33)39(36-13-6-4-7-14-36)37-15-8-5-9-16-37;1-7-5-3-2-4-6-7/h3-10,12-29H,1,11H2,2H3;2-6H,1H3/b21-19+,22-20+;. The normalized spacial score (nSPS) is 12.6. The van der Waals surface area contributed by atoms with Crippen molar-refractivity contribution in [1.29, 1.82) is 0 Å². The first-order valence-corrected chi connectivity index (χ1v) is 15.8. The smallest absolute Gasteiger partial charge is 0.0462 e. The van der Waals surface area contributed by atoms with Crippen molar-refractivity contribution in [3.05, 3.63) is 209 Å². The van der Waals surface area contributed by atoms with Gasteiger partial charge in [-0.1, -0.05) is 151 Å². The van der Waals surface area contributed by atoms with E-state index in [1.807, 2.05) is 36.4 Å². The number of hydrogen-bond acceptors (Lipinski definition) is 1. The number of hydrogen-bond donors (Lipinski definition) is 0. The van der Waals surface area contributed by atoms with Crippen molar-refractivity contribution in [2.75, 3.05) is 4.90 Å². The van der Waals surface area contributed by atoms with E-state index in [1.54, 1.807) is 0 Å². The monoisotopic (exact) mass is 595 g/mol. The fraction of sp³-hybridized carbons (Fsp3) is 0.0667. The lowest BCUT2D eigenvalue weighted by molar-refractivity contribution is 1.22. The van der Waals surface area contributed by atoms with Gasteiger partial charge in [-0.05, 0) is 103 Å². The van der Waals surface area contributed by atoms with Crippen LogP contribution in [0.25, 0.3) is 24.3 Å². The van der Waals surface area contributed by atoms with Gasteiger partial charge in [0.25, 0.3) is 0 Å². The Morgan fingerprint density at radius 1 is 0.522 bits per heavy atom. The summed E-state index contributed by atoms with van der Waals surface area (Å²) in [5, 5.41) is 0. The van der Waals surface area contributed by atoms with Crippen LogP contribution < -0.4 is 4.90 Å². The second kappa shape index (κ2) is 16.4. The number of anilines is 3. The van der Waals surface area contributed by atoms with E-state index in [2.05, 4.69) is 177 Å². The van der Waals surface area contributed by atoms with Crippen LogP contribution in [0.5, 0.6) is 0 Å². The Morgan fingerprint density at radius 3 is 1.57 bits per heavy atom. The average molecular weight is 596 g/mol. The Bertz CT molecular complexity index is 1810. The molecule has 0 aromatic heterocycles. The Kier molecular flexibility index (Phi) is 11.3. The number of aryl methyl sites for hydroxylation is 1. The van der Waals surface area contributed by atoms with E-state index in [0.717, 1.165) is 45.7 Å². The quantitative estimate of drug-likeness (QED) is 0.161. The lowest BCUT2D eigenvalue weighted by Crippen LogP contribution is -2.09. The Labute approximate surface area is 275 Å². The molecule has 1 aliphatic carbocycles. The minimum Gasteiger partial charge on any atom is -0.311 e. The van der Waals surface area contributed by atoms with Gasteiger partial charge in [0.05, 0.1) is 0 Å². The molecule has 6 rings (SSSR count). The van der Waals surface area contributed by atoms with Gasteiger partial charge in [0.2, 0.25) is 0 Å². The highest BCUT2D eigenvalue weighted by Gasteiger charge is 2.11. The molecule has 0 amide bonds. The van der Waals surface area contributed by atoms with Crippen LogP contribution in [-0.4, -0.2) is 0 Å². The number of allylic oxidation sites excluding steroid dienone is 7. The molecule has 0 saturated heterocycles. The third-order valence-electron chi connectivity index (χ3n) is 7.60. The predicted octanol–water partition coefficient (Wildman–Crippen LogP) is 12.8. The van der Waals surface area contributed by atoms with Gasteiger partial charge in [0.1, 0.15) is 0 Å². The van der Waals surface area contributed by atoms with Crippen LogP contribution >= 0.6 is 0 Å². The maximum atomic E-state index is 4.00. The molecular formula is C45H41N. The summed E-state index contributed by atoms with van der Waals surface area (Å²) < 4.78 is 0. The van der Waals surface area contributed by atoms with Crippen LogP contribution in [-0.2, 0) is 0 Å². The van der Waals surface area contributed by atoms with Crippen LogP contribution in [0.15, 0.2) is 182 Å². The van der Waals surface area contributed by atoms with Crippen LogP contribution in [0.3, 0.4) is 0 Å². The summed E-state index contributed by atoms with van der Waals surface area (Å²) in [6, 6.07) is 46.5. The lowest BCUT2D eigenvalue weighted by Gasteiger charge is -2.25. The SMILES string of the molecule is C=Cc1cc(/C=C/C2=CC=C(C)CC=C2)cc(/C=C/c2ccc(N(c3ccccc3)c3ccccc3)cc2)c1.Cc1ccccc1. The van der Waals surface area contributed by atoms with E-state index in [1.165, 1.54) is 16.7 Å². The first kappa shape index (κ1) is 31.8. The second-order valence-corrected chi connectivity index (χ2v) is 11.3. The first-order valence-electron chi connectivity index (χ1n) is 15.8. The van der Waals surface area contributed by atoms with Crippen molar-refractivity contribution < 1.29 is 0 Å². The lowest BCUT2D eigenvalue weighted by atomic mass is 10.0. The summed E-state index contributed by atoms with van der Waals surface area (Å²) in [5.41, 5.74) is 11.8. The van der Waals surface area contributed by atoms with Gasteiger partial charge in [-0.2, -0.15) is 0 Å². The Hall–Kier alpha value is -5.66. The summed E-state index contributed by atoms with van der Waals surface area (Å²) in [6.07, 6.45) is 20.4. The molecule has 0 N–H and O–H groups in total. The van der Waals surface area contributed by atoms with E-state index in [-0.39, 0.29) is 0 Å². The van der Waals surface area contributed by atoms with Gasteiger partial charge in [0, 0.05) is 17.1 Å². The zero-order valence-corrected chi connectivity index (χ0v) is 26.8. The Balaban J connectivity index is 0.000000527. The van der Waals surface area contributed by atoms with Crippen LogP contribution in [0.4, 0.5) is 17.1 Å². The molecular weight excluding hydrogens is 555 g/mol. The number of para-hydroxylation sites is 2. The third kappa shape index (κ3) is 9.42. The summed E-state index contributed by atoms with van der Waals surface area (Å²) in [6.45, 7) is 8.24. The third-order valence-corrected chi connectivity index (χ3v) is 7.60. The molecule has 0 saturated carbocycles. The van der Waals surface area contributed by atoms with Crippen molar-refractivity contribution in [2.24, 2.45) is 0 Å². The molecule has 0 bridgehead atoms. The maximum Gasteiger partial charge on any atom is 0.0462 e. The molecule has 0 fully saturated rings. The largest absolute Gasteiger partial charge is 0.311 e. The van der Waals surface area contributed by atoms with Crippen LogP contribution in [0.1, 0.15) is 41.2 Å². The summed E-state index contributed by atoms with van der Waals surface area (Å²) >= 11 is 0. The molecule has 0 heterocycles. The molecule has 0 unspecified atom stereocenters. The minimum atomic E-state index is 1.01. The van der Waals surface area contributed by atoms with Gasteiger partial charge in [-0.25, -0.2) is 0 Å². The molecule has 0 spiro atoms. The highest BCUT2D eigenvalue weighted by Crippen LogP contribution is 2.34. The molecule has 226 valence electrons.